The van der Waals surface area contributed by atoms with Gasteiger partial charge in [-0.2, -0.15) is 13.2 Å². The Labute approximate surface area is 106 Å². The minimum Gasteiger partial charge on any atom is -0.468 e. The monoisotopic (exact) mass is 287 g/mol. The molecule has 0 amide bonds. The van der Waals surface area contributed by atoms with Crippen LogP contribution in [0.3, 0.4) is 0 Å². The zero-order chi connectivity index (χ0) is 13.2. The topological polar surface area (TPSA) is 52.3 Å². The average Bonchev–Trinajstić information content (AvgIpc) is 2.25. The lowest BCUT2D eigenvalue weighted by atomic mass is 10.0. The predicted octanol–water partition coefficient (Wildman–Crippen LogP) is 2.44. The largest absolute Gasteiger partial charge is 0.468 e. The minimum absolute atomic E-state index is 0. The number of halogens is 5. The Bertz CT molecular complexity index is 436. The number of carbonyl (C=O) groups excluding carboxylic acids is 1. The van der Waals surface area contributed by atoms with Crippen molar-refractivity contribution in [3.05, 3.63) is 35.1 Å². The lowest BCUT2D eigenvalue weighted by Gasteiger charge is -2.16. The summed E-state index contributed by atoms with van der Waals surface area (Å²) in [4.78, 5) is 11.1. The Balaban J connectivity index is 0.00000289. The van der Waals surface area contributed by atoms with Crippen LogP contribution in [0.15, 0.2) is 18.2 Å². The van der Waals surface area contributed by atoms with Crippen molar-refractivity contribution in [3.63, 3.8) is 0 Å². The summed E-state index contributed by atoms with van der Waals surface area (Å²) in [5.41, 5.74) is 3.50. The molecule has 2 N–H and O–H groups in total. The number of nitrogens with two attached hydrogens (primary N) is 1. The first-order valence-corrected chi connectivity index (χ1v) is 4.47. The van der Waals surface area contributed by atoms with Crippen molar-refractivity contribution in [3.8, 4) is 0 Å². The van der Waals surface area contributed by atoms with Gasteiger partial charge in [0.1, 0.15) is 11.9 Å². The molecule has 0 aliphatic carbocycles. The second-order valence-corrected chi connectivity index (χ2v) is 3.23. The maximum Gasteiger partial charge on any atom is 0.416 e. The normalized spacial score (nSPS) is 12.6. The van der Waals surface area contributed by atoms with Gasteiger partial charge in [-0.25, -0.2) is 4.39 Å². The number of hydrogen-bond donors (Lipinski definition) is 1. The number of alkyl halides is 3. The van der Waals surface area contributed by atoms with Crippen LogP contribution in [0.1, 0.15) is 17.2 Å². The van der Waals surface area contributed by atoms with Crippen LogP contribution in [0.4, 0.5) is 17.6 Å². The summed E-state index contributed by atoms with van der Waals surface area (Å²) in [7, 11) is 0.999. The molecule has 0 saturated heterocycles. The highest BCUT2D eigenvalue weighted by molar-refractivity contribution is 5.85. The van der Waals surface area contributed by atoms with Crippen LogP contribution in [0.2, 0.25) is 0 Å². The van der Waals surface area contributed by atoms with Crippen molar-refractivity contribution in [2.45, 2.75) is 12.2 Å². The summed E-state index contributed by atoms with van der Waals surface area (Å²) < 4.78 is 54.8. The fraction of sp³-hybridized carbons (Fsp3) is 0.300. The summed E-state index contributed by atoms with van der Waals surface area (Å²) in [6.07, 6.45) is -4.79. The van der Waals surface area contributed by atoms with Gasteiger partial charge in [-0.3, -0.25) is 4.79 Å². The molecule has 0 aromatic heterocycles. The van der Waals surface area contributed by atoms with Gasteiger partial charge >= 0.3 is 12.1 Å². The third-order valence-corrected chi connectivity index (χ3v) is 2.11. The molecule has 1 aromatic carbocycles. The molecular formula is C10H10ClF4NO2. The smallest absolute Gasteiger partial charge is 0.416 e. The molecule has 8 heteroatoms. The maximum absolute atomic E-state index is 12.8. The Morgan fingerprint density at radius 1 is 1.39 bits per heavy atom. The van der Waals surface area contributed by atoms with Gasteiger partial charge in [-0.1, -0.05) is 6.07 Å². The Morgan fingerprint density at radius 3 is 2.39 bits per heavy atom. The summed E-state index contributed by atoms with van der Waals surface area (Å²) in [5.74, 6) is -2.08. The molecule has 0 heterocycles. The van der Waals surface area contributed by atoms with Crippen molar-refractivity contribution in [2.75, 3.05) is 7.11 Å². The van der Waals surface area contributed by atoms with Crippen LogP contribution in [0.5, 0.6) is 0 Å². The van der Waals surface area contributed by atoms with Crippen LogP contribution in [-0.4, -0.2) is 13.1 Å². The predicted molar refractivity (Wildman–Crippen MR) is 57.6 cm³/mol. The van der Waals surface area contributed by atoms with E-state index in [4.69, 9.17) is 5.73 Å². The quantitative estimate of drug-likeness (QED) is 0.671. The first-order valence-electron chi connectivity index (χ1n) is 4.47. The van der Waals surface area contributed by atoms with Crippen molar-refractivity contribution in [2.24, 2.45) is 5.73 Å². The van der Waals surface area contributed by atoms with Gasteiger partial charge in [-0.15, -0.1) is 12.4 Å². The number of carbonyl (C=O) groups is 1. The molecule has 0 spiro atoms. The molecule has 1 rings (SSSR count). The van der Waals surface area contributed by atoms with Gasteiger partial charge in [-0.05, 0) is 17.7 Å². The number of esters is 1. The highest BCUT2D eigenvalue weighted by Gasteiger charge is 2.36. The van der Waals surface area contributed by atoms with Crippen molar-refractivity contribution in [1.82, 2.24) is 0 Å². The fourth-order valence-corrected chi connectivity index (χ4v) is 1.30. The maximum atomic E-state index is 12.8. The van der Waals surface area contributed by atoms with Crippen LogP contribution in [0.25, 0.3) is 0 Å². The summed E-state index contributed by atoms with van der Waals surface area (Å²) >= 11 is 0. The van der Waals surface area contributed by atoms with Crippen LogP contribution in [0, 0.1) is 5.82 Å². The van der Waals surface area contributed by atoms with Crippen LogP contribution >= 0.6 is 12.4 Å². The van der Waals surface area contributed by atoms with Crippen LogP contribution < -0.4 is 5.73 Å². The van der Waals surface area contributed by atoms with E-state index in [9.17, 15) is 22.4 Å². The van der Waals surface area contributed by atoms with E-state index in [2.05, 4.69) is 4.74 Å². The molecule has 1 atom stereocenters. The van der Waals surface area contributed by atoms with Crippen molar-refractivity contribution < 1.29 is 27.1 Å². The van der Waals surface area contributed by atoms with E-state index in [0.29, 0.717) is 0 Å². The van der Waals surface area contributed by atoms with E-state index >= 15 is 0 Å². The number of ether oxygens (including phenoxy) is 1. The van der Waals surface area contributed by atoms with Gasteiger partial charge < -0.3 is 10.5 Å². The molecule has 102 valence electrons. The van der Waals surface area contributed by atoms with Crippen molar-refractivity contribution in [1.29, 1.82) is 0 Å². The second-order valence-electron chi connectivity index (χ2n) is 3.23. The molecule has 0 radical (unpaired) electrons. The molecule has 0 fully saturated rings. The third-order valence-electron chi connectivity index (χ3n) is 2.11. The zero-order valence-corrected chi connectivity index (χ0v) is 9.94. The van der Waals surface area contributed by atoms with Gasteiger partial charge in [0.2, 0.25) is 0 Å². The average molecular weight is 288 g/mol. The molecule has 1 aromatic rings. The molecule has 0 saturated carbocycles. The van der Waals surface area contributed by atoms with E-state index in [-0.39, 0.29) is 18.5 Å². The molecule has 0 aliphatic heterocycles. The minimum atomic E-state index is -4.79. The molecule has 0 bridgehead atoms. The number of benzene rings is 1. The zero-order valence-electron chi connectivity index (χ0n) is 9.12. The highest BCUT2D eigenvalue weighted by Crippen LogP contribution is 2.34. The standard InChI is InChI=1S/C10H9F4NO2.ClH/c1-17-9(16)8(15)6-3-2-5(11)4-7(6)10(12,13)14;/h2-4,8H,15H2,1H3;1H/t8-;/m1./s1. The van der Waals surface area contributed by atoms with E-state index in [1.165, 1.54) is 0 Å². The summed E-state index contributed by atoms with van der Waals surface area (Å²) in [6, 6.07) is 0.308. The van der Waals surface area contributed by atoms with Crippen LogP contribution in [-0.2, 0) is 15.7 Å². The fourth-order valence-electron chi connectivity index (χ4n) is 1.30. The van der Waals surface area contributed by atoms with E-state index < -0.39 is 35.1 Å². The number of methoxy groups -OCH3 is 1. The highest BCUT2D eigenvalue weighted by atomic mass is 35.5. The van der Waals surface area contributed by atoms with Gasteiger partial charge in [0.05, 0.1) is 12.7 Å². The first-order chi connectivity index (χ1) is 7.77. The molecule has 0 unspecified atom stereocenters. The first kappa shape index (κ1) is 16.7. The second kappa shape index (κ2) is 6.01. The van der Waals surface area contributed by atoms with Gasteiger partial charge in [0, 0.05) is 0 Å². The van der Waals surface area contributed by atoms with E-state index in [1.807, 2.05) is 0 Å². The number of rotatable bonds is 2. The van der Waals surface area contributed by atoms with Gasteiger partial charge in [0.15, 0.2) is 0 Å². The summed E-state index contributed by atoms with van der Waals surface area (Å²) in [5, 5.41) is 0. The molecule has 0 aliphatic rings. The van der Waals surface area contributed by atoms with Crippen molar-refractivity contribution >= 4 is 18.4 Å². The summed E-state index contributed by atoms with van der Waals surface area (Å²) in [6.45, 7) is 0. The molecular weight excluding hydrogens is 278 g/mol. The molecule has 18 heavy (non-hydrogen) atoms. The van der Waals surface area contributed by atoms with Gasteiger partial charge in [0.25, 0.3) is 0 Å². The Hall–Kier alpha value is -1.34. The van der Waals surface area contributed by atoms with E-state index in [1.54, 1.807) is 0 Å². The van der Waals surface area contributed by atoms with E-state index in [0.717, 1.165) is 19.2 Å². The Morgan fingerprint density at radius 2 is 1.94 bits per heavy atom. The number of hydrogen-bond acceptors (Lipinski definition) is 3. The lowest BCUT2D eigenvalue weighted by Crippen LogP contribution is -2.26. The third kappa shape index (κ3) is 3.58. The lowest BCUT2D eigenvalue weighted by molar-refractivity contribution is -0.144. The molecule has 3 nitrogen and oxygen atoms in total. The Kier molecular flexibility index (Phi) is 5.56. The SMILES string of the molecule is COC(=O)[C@H](N)c1ccc(F)cc1C(F)(F)F.Cl.